The lowest BCUT2D eigenvalue weighted by Gasteiger charge is -2.28. The van der Waals surface area contributed by atoms with E-state index < -0.39 is 18.5 Å². The number of carbonyl (C=O) groups excluding carboxylic acids is 1. The first-order valence-corrected chi connectivity index (χ1v) is 13.2. The van der Waals surface area contributed by atoms with Crippen molar-refractivity contribution in [1.29, 1.82) is 0 Å². The van der Waals surface area contributed by atoms with Crippen molar-refractivity contribution >= 4 is 17.5 Å². The van der Waals surface area contributed by atoms with E-state index in [1.807, 2.05) is 37.3 Å². The molecule has 0 radical (unpaired) electrons. The summed E-state index contributed by atoms with van der Waals surface area (Å²) in [7, 11) is 0. The van der Waals surface area contributed by atoms with Gasteiger partial charge in [0.25, 0.3) is 0 Å². The number of halogens is 3. The van der Waals surface area contributed by atoms with Crippen molar-refractivity contribution in [2.45, 2.75) is 38.5 Å². The number of morpholine rings is 1. The first-order chi connectivity index (χ1) is 18.2. The van der Waals surface area contributed by atoms with Gasteiger partial charge >= 0.3 is 12.2 Å². The zero-order valence-corrected chi connectivity index (χ0v) is 21.5. The Morgan fingerprint density at radius 2 is 2.00 bits per heavy atom. The van der Waals surface area contributed by atoms with Crippen molar-refractivity contribution in [2.24, 2.45) is 5.92 Å². The van der Waals surface area contributed by atoms with E-state index in [2.05, 4.69) is 15.5 Å². The van der Waals surface area contributed by atoms with Crippen molar-refractivity contribution in [2.75, 3.05) is 62.7 Å². The number of amides is 2. The van der Waals surface area contributed by atoms with Crippen LogP contribution in [-0.2, 0) is 4.74 Å². The van der Waals surface area contributed by atoms with Crippen LogP contribution < -0.4 is 20.3 Å². The molecular formula is C27H34F3N5O3. The van der Waals surface area contributed by atoms with E-state index in [1.54, 1.807) is 0 Å². The number of nitrogens with zero attached hydrogens (tertiary/aromatic N) is 3. The van der Waals surface area contributed by atoms with Crippen molar-refractivity contribution in [1.82, 2.24) is 15.2 Å². The van der Waals surface area contributed by atoms with E-state index in [9.17, 15) is 18.0 Å². The Bertz CT molecular complexity index is 1130. The van der Waals surface area contributed by atoms with Crippen LogP contribution in [0, 0.1) is 12.8 Å². The summed E-state index contributed by atoms with van der Waals surface area (Å²) in [6.07, 6.45) is -3.75. The van der Waals surface area contributed by atoms with Crippen LogP contribution in [0.15, 0.2) is 30.3 Å². The number of anilines is 2. The highest BCUT2D eigenvalue weighted by molar-refractivity contribution is 5.90. The number of rotatable bonds is 6. The molecule has 2 aromatic rings. The summed E-state index contributed by atoms with van der Waals surface area (Å²) in [5, 5.41) is 6.19. The number of aromatic nitrogens is 1. The van der Waals surface area contributed by atoms with Gasteiger partial charge in [0.1, 0.15) is 11.9 Å². The maximum atomic E-state index is 12.8. The molecule has 2 amide bonds. The third kappa shape index (κ3) is 6.68. The van der Waals surface area contributed by atoms with Gasteiger partial charge in [-0.3, -0.25) is 0 Å². The molecule has 1 aromatic carbocycles. The number of hydrogen-bond acceptors (Lipinski definition) is 6. The van der Waals surface area contributed by atoms with Gasteiger partial charge in [0.2, 0.25) is 5.88 Å². The molecule has 3 aliphatic rings. The summed E-state index contributed by atoms with van der Waals surface area (Å²) >= 11 is 0. The molecule has 2 N–H and O–H groups in total. The molecule has 11 heteroatoms. The van der Waals surface area contributed by atoms with Gasteiger partial charge in [-0.25, -0.2) is 4.79 Å². The summed E-state index contributed by atoms with van der Waals surface area (Å²) in [6.45, 7) is 6.85. The Labute approximate surface area is 220 Å². The van der Waals surface area contributed by atoms with Crippen LogP contribution in [0.3, 0.4) is 0 Å². The Morgan fingerprint density at radius 1 is 1.18 bits per heavy atom. The topological polar surface area (TPSA) is 79.0 Å². The average molecular weight is 534 g/mol. The number of ether oxygens (including phenoxy) is 2. The van der Waals surface area contributed by atoms with Crippen molar-refractivity contribution in [3.63, 3.8) is 0 Å². The van der Waals surface area contributed by atoms with E-state index >= 15 is 0 Å². The van der Waals surface area contributed by atoms with Gasteiger partial charge in [0, 0.05) is 50.9 Å². The van der Waals surface area contributed by atoms with Crippen LogP contribution in [0.4, 0.5) is 29.5 Å². The monoisotopic (exact) mass is 533 g/mol. The van der Waals surface area contributed by atoms with Crippen LogP contribution >= 0.6 is 0 Å². The first-order valence-electron chi connectivity index (χ1n) is 13.2. The van der Waals surface area contributed by atoms with E-state index in [4.69, 9.17) is 14.5 Å². The molecule has 0 bridgehead atoms. The fourth-order valence-electron chi connectivity index (χ4n) is 5.29. The van der Waals surface area contributed by atoms with Gasteiger partial charge in [0.05, 0.1) is 13.2 Å². The third-order valence-corrected chi connectivity index (χ3v) is 7.32. The van der Waals surface area contributed by atoms with E-state index in [0.717, 1.165) is 55.1 Å². The molecule has 0 saturated carbocycles. The maximum absolute atomic E-state index is 12.8. The molecule has 2 atom stereocenters. The highest BCUT2D eigenvalue weighted by Gasteiger charge is 2.36. The number of carbonyl (C=O) groups is 1. The molecule has 0 spiro atoms. The molecule has 5 rings (SSSR count). The Balaban J connectivity index is 1.36. The fraction of sp³-hybridized carbons (Fsp3) is 0.556. The Morgan fingerprint density at radius 3 is 2.74 bits per heavy atom. The lowest BCUT2D eigenvalue weighted by atomic mass is 10.00. The van der Waals surface area contributed by atoms with Crippen LogP contribution in [0.2, 0.25) is 0 Å². The maximum Gasteiger partial charge on any atom is 0.389 e. The molecule has 1 unspecified atom stereocenters. The Hall–Kier alpha value is -3.05. The normalized spacial score (nSPS) is 22.1. The van der Waals surface area contributed by atoms with Crippen LogP contribution in [-0.4, -0.2) is 80.7 Å². The minimum Gasteiger partial charge on any atom is -0.473 e. The second-order valence-electron chi connectivity index (χ2n) is 10.3. The van der Waals surface area contributed by atoms with E-state index in [-0.39, 0.29) is 18.7 Å². The average Bonchev–Trinajstić information content (AvgIpc) is 3.57. The zero-order chi connectivity index (χ0) is 26.7. The lowest BCUT2D eigenvalue weighted by Crippen LogP contribution is -2.36. The molecule has 0 aliphatic carbocycles. The molecule has 38 heavy (non-hydrogen) atoms. The molecular weight excluding hydrogens is 499 g/mol. The van der Waals surface area contributed by atoms with Crippen molar-refractivity contribution in [3.8, 4) is 17.0 Å². The van der Waals surface area contributed by atoms with E-state index in [1.165, 1.54) is 4.90 Å². The minimum absolute atomic E-state index is 0.0589. The SMILES string of the molecule is Cc1ccc(NC(=O)N2CCC(CC(F)(F)F)C2)cc1-c1cc(O[C@@H]2CCNC2)nc(N2CCOCC2)c1. The van der Waals surface area contributed by atoms with Gasteiger partial charge in [0.15, 0.2) is 0 Å². The minimum atomic E-state index is -4.22. The van der Waals surface area contributed by atoms with Crippen LogP contribution in [0.1, 0.15) is 24.8 Å². The number of aryl methyl sites for hydroxylation is 1. The number of alkyl halides is 3. The predicted molar refractivity (Wildman–Crippen MR) is 139 cm³/mol. The lowest BCUT2D eigenvalue weighted by molar-refractivity contribution is -0.143. The summed E-state index contributed by atoms with van der Waals surface area (Å²) in [5.41, 5.74) is 3.44. The number of hydrogen-bond donors (Lipinski definition) is 2. The summed E-state index contributed by atoms with van der Waals surface area (Å²) in [4.78, 5) is 21.3. The zero-order valence-electron chi connectivity index (χ0n) is 21.5. The fourth-order valence-corrected chi connectivity index (χ4v) is 5.29. The van der Waals surface area contributed by atoms with Gasteiger partial charge in [-0.1, -0.05) is 6.07 Å². The Kier molecular flexibility index (Phi) is 7.94. The molecule has 4 heterocycles. The molecule has 206 valence electrons. The highest BCUT2D eigenvalue weighted by Crippen LogP contribution is 2.34. The highest BCUT2D eigenvalue weighted by atomic mass is 19.4. The smallest absolute Gasteiger partial charge is 0.389 e. The quantitative estimate of drug-likeness (QED) is 0.572. The molecule has 3 saturated heterocycles. The second-order valence-corrected chi connectivity index (χ2v) is 10.3. The summed E-state index contributed by atoms with van der Waals surface area (Å²) in [6, 6.07) is 9.21. The van der Waals surface area contributed by atoms with Gasteiger partial charge < -0.3 is 29.9 Å². The molecule has 3 aliphatic heterocycles. The van der Waals surface area contributed by atoms with Crippen molar-refractivity contribution in [3.05, 3.63) is 35.9 Å². The van der Waals surface area contributed by atoms with Gasteiger partial charge in [-0.2, -0.15) is 18.2 Å². The third-order valence-electron chi connectivity index (χ3n) is 7.32. The summed E-state index contributed by atoms with van der Waals surface area (Å²) < 4.78 is 50.0. The van der Waals surface area contributed by atoms with Gasteiger partial charge in [-0.15, -0.1) is 0 Å². The number of urea groups is 1. The molecule has 1 aromatic heterocycles. The van der Waals surface area contributed by atoms with Crippen LogP contribution in [0.25, 0.3) is 11.1 Å². The number of nitrogens with one attached hydrogen (secondary N) is 2. The number of pyridine rings is 1. The number of likely N-dealkylation sites (tertiary alicyclic amines) is 1. The molecule has 8 nitrogen and oxygen atoms in total. The second kappa shape index (κ2) is 11.4. The molecule has 3 fully saturated rings. The largest absolute Gasteiger partial charge is 0.473 e. The summed E-state index contributed by atoms with van der Waals surface area (Å²) in [5.74, 6) is 0.811. The first kappa shape index (κ1) is 26.6. The van der Waals surface area contributed by atoms with Crippen LogP contribution in [0.5, 0.6) is 5.88 Å². The standard InChI is InChI=1S/C27H34F3N5O3/c1-18-2-3-21(32-26(36)35-7-5-19(17-35)15-27(28,29)30)14-23(18)20-12-24(34-8-10-37-11-9-34)33-25(13-20)38-22-4-6-31-16-22/h2-3,12-14,19,22,31H,4-11,15-17H2,1H3,(H,32,36)/t19?,22-/m1/s1. The van der Waals surface area contributed by atoms with Crippen molar-refractivity contribution < 1.29 is 27.4 Å². The predicted octanol–water partition coefficient (Wildman–Crippen LogP) is 4.44. The van der Waals surface area contributed by atoms with Gasteiger partial charge in [-0.05, 0) is 67.1 Å². The number of benzene rings is 1. The van der Waals surface area contributed by atoms with E-state index in [0.29, 0.717) is 37.7 Å².